The molecule has 0 radical (unpaired) electrons. The van der Waals surface area contributed by atoms with E-state index in [4.69, 9.17) is 4.74 Å². The molecule has 2 heterocycles. The van der Waals surface area contributed by atoms with Crippen molar-refractivity contribution in [2.24, 2.45) is 0 Å². The van der Waals surface area contributed by atoms with Gasteiger partial charge in [0.15, 0.2) is 6.54 Å². The molecular weight excluding hydrogens is 366 g/mol. The van der Waals surface area contributed by atoms with Crippen molar-refractivity contribution < 1.29 is 22.8 Å². The Bertz CT molecular complexity index is 723. The number of carbonyl (C=O) groups excluding carboxylic acids is 1. The molecule has 7 nitrogen and oxygen atoms in total. The Morgan fingerprint density at radius 1 is 1.07 bits per heavy atom. The van der Waals surface area contributed by atoms with Crippen molar-refractivity contribution in [1.82, 2.24) is 9.21 Å². The summed E-state index contributed by atoms with van der Waals surface area (Å²) in [4.78, 5) is 15.7. The Hall–Kier alpha value is -1.48. The number of quaternary nitrogens is 1. The molecule has 2 aliphatic heterocycles. The average Bonchev–Trinajstić information content (AvgIpc) is 2.61. The van der Waals surface area contributed by atoms with Crippen LogP contribution in [-0.2, 0) is 25.3 Å². The molecule has 8 heteroatoms. The fourth-order valence-corrected chi connectivity index (χ4v) is 5.47. The van der Waals surface area contributed by atoms with Crippen LogP contribution in [0, 0.1) is 0 Å². The third kappa shape index (κ3) is 5.51. The number of morpholine rings is 1. The fourth-order valence-electron chi connectivity index (χ4n) is 3.95. The van der Waals surface area contributed by atoms with Crippen LogP contribution >= 0.6 is 0 Å². The lowest BCUT2D eigenvalue weighted by Gasteiger charge is -2.36. The van der Waals surface area contributed by atoms with E-state index in [1.54, 1.807) is 4.90 Å². The summed E-state index contributed by atoms with van der Waals surface area (Å²) in [6.45, 7) is 7.85. The first-order valence-corrected chi connectivity index (χ1v) is 11.2. The molecule has 1 amide bonds. The van der Waals surface area contributed by atoms with Gasteiger partial charge in [0.05, 0.1) is 5.75 Å². The number of rotatable bonds is 5. The van der Waals surface area contributed by atoms with Crippen molar-refractivity contribution in [3.63, 3.8) is 0 Å². The van der Waals surface area contributed by atoms with E-state index in [0.717, 1.165) is 18.7 Å². The molecule has 1 aromatic carbocycles. The minimum atomic E-state index is -3.35. The Labute approximate surface area is 161 Å². The molecule has 2 atom stereocenters. The molecule has 3 rings (SSSR count). The summed E-state index contributed by atoms with van der Waals surface area (Å²) in [5.74, 6) is 0.113. The van der Waals surface area contributed by atoms with Crippen LogP contribution in [0.1, 0.15) is 19.4 Å². The smallest absolute Gasteiger partial charge is 0.277 e. The van der Waals surface area contributed by atoms with E-state index in [2.05, 4.69) is 0 Å². The lowest BCUT2D eigenvalue weighted by molar-refractivity contribution is -0.907. The standard InChI is InChI=1S/C19H29N3O4S/c1-16-12-20(13-17(2)26-16)14-19(23)21-8-10-22(11-9-21)27(24,25)15-18-6-4-3-5-7-18/h3-7,16-17H,8-15H2,1-2H3/p+1/t16-,17-/m0/s1. The van der Waals surface area contributed by atoms with Gasteiger partial charge >= 0.3 is 0 Å². The van der Waals surface area contributed by atoms with Crippen LogP contribution in [0.3, 0.4) is 0 Å². The molecule has 0 unspecified atom stereocenters. The van der Waals surface area contributed by atoms with Gasteiger partial charge in [-0.25, -0.2) is 8.42 Å². The maximum Gasteiger partial charge on any atom is 0.277 e. The van der Waals surface area contributed by atoms with Gasteiger partial charge in [0.25, 0.3) is 5.91 Å². The molecule has 2 aliphatic rings. The molecule has 150 valence electrons. The van der Waals surface area contributed by atoms with Crippen molar-refractivity contribution in [1.29, 1.82) is 0 Å². The van der Waals surface area contributed by atoms with Gasteiger partial charge in [-0.05, 0) is 19.4 Å². The van der Waals surface area contributed by atoms with E-state index in [1.165, 1.54) is 9.21 Å². The maximum atomic E-state index is 12.6. The summed E-state index contributed by atoms with van der Waals surface area (Å²) in [7, 11) is -3.35. The van der Waals surface area contributed by atoms with Crippen molar-refractivity contribution >= 4 is 15.9 Å². The zero-order chi connectivity index (χ0) is 19.4. The number of sulfonamides is 1. The van der Waals surface area contributed by atoms with E-state index in [9.17, 15) is 13.2 Å². The predicted molar refractivity (Wildman–Crippen MR) is 103 cm³/mol. The second-order valence-electron chi connectivity index (χ2n) is 7.61. The average molecular weight is 397 g/mol. The maximum absolute atomic E-state index is 12.6. The SMILES string of the molecule is C[C@H]1C[NH+](CC(=O)N2CCN(S(=O)(=O)Cc3ccccc3)CC2)C[C@H](C)O1. The minimum Gasteiger partial charge on any atom is -0.364 e. The summed E-state index contributed by atoms with van der Waals surface area (Å²) < 4.78 is 32.5. The van der Waals surface area contributed by atoms with Crippen molar-refractivity contribution in [3.8, 4) is 0 Å². The predicted octanol–water partition coefficient (Wildman–Crippen LogP) is -0.647. The van der Waals surface area contributed by atoms with Crippen LogP contribution in [0.2, 0.25) is 0 Å². The second kappa shape index (κ2) is 8.68. The molecule has 0 aliphatic carbocycles. The fraction of sp³-hybridized carbons (Fsp3) is 0.632. The third-order valence-corrected chi connectivity index (χ3v) is 7.04. The van der Waals surface area contributed by atoms with Gasteiger partial charge in [0.2, 0.25) is 10.0 Å². The highest BCUT2D eigenvalue weighted by Crippen LogP contribution is 2.13. The van der Waals surface area contributed by atoms with Crippen LogP contribution in [0.15, 0.2) is 30.3 Å². The summed E-state index contributed by atoms with van der Waals surface area (Å²) in [5.41, 5.74) is 0.787. The van der Waals surface area contributed by atoms with Gasteiger partial charge in [-0.2, -0.15) is 4.31 Å². The number of benzene rings is 1. The Kier molecular flexibility index (Phi) is 6.52. The number of piperazine rings is 1. The molecule has 1 aromatic rings. The minimum absolute atomic E-state index is 0.00941. The highest BCUT2D eigenvalue weighted by Gasteiger charge is 2.32. The second-order valence-corrected chi connectivity index (χ2v) is 9.58. The Morgan fingerprint density at radius 3 is 2.26 bits per heavy atom. The summed E-state index contributed by atoms with van der Waals surface area (Å²) in [6, 6.07) is 9.21. The number of carbonyl (C=O) groups is 1. The Balaban J connectivity index is 1.50. The van der Waals surface area contributed by atoms with Crippen LogP contribution in [0.5, 0.6) is 0 Å². The summed E-state index contributed by atoms with van der Waals surface area (Å²) >= 11 is 0. The molecule has 2 saturated heterocycles. The normalized spacial score (nSPS) is 27.5. The number of nitrogens with one attached hydrogen (secondary N) is 1. The number of hydrogen-bond donors (Lipinski definition) is 1. The number of amides is 1. The van der Waals surface area contributed by atoms with Crippen LogP contribution in [-0.4, -0.2) is 81.6 Å². The van der Waals surface area contributed by atoms with Crippen molar-refractivity contribution in [2.75, 3.05) is 45.8 Å². The van der Waals surface area contributed by atoms with Crippen molar-refractivity contribution in [2.45, 2.75) is 31.8 Å². The monoisotopic (exact) mass is 396 g/mol. The first-order valence-electron chi connectivity index (χ1n) is 9.62. The summed E-state index contributed by atoms with van der Waals surface area (Å²) in [6.07, 6.45) is 0.327. The van der Waals surface area contributed by atoms with Crippen LogP contribution in [0.4, 0.5) is 0 Å². The van der Waals surface area contributed by atoms with Crippen LogP contribution < -0.4 is 4.90 Å². The molecule has 1 N–H and O–H groups in total. The zero-order valence-corrected chi connectivity index (χ0v) is 17.0. The zero-order valence-electron chi connectivity index (χ0n) is 16.1. The highest BCUT2D eigenvalue weighted by molar-refractivity contribution is 7.88. The Morgan fingerprint density at radius 2 is 1.67 bits per heavy atom. The van der Waals surface area contributed by atoms with Gasteiger partial charge < -0.3 is 14.5 Å². The lowest BCUT2D eigenvalue weighted by atomic mass is 10.2. The molecule has 27 heavy (non-hydrogen) atoms. The largest absolute Gasteiger partial charge is 0.364 e. The number of hydrogen-bond acceptors (Lipinski definition) is 4. The highest BCUT2D eigenvalue weighted by atomic mass is 32.2. The molecule has 0 spiro atoms. The summed E-state index contributed by atoms with van der Waals surface area (Å²) in [5, 5.41) is 0. The molecule has 0 bridgehead atoms. The molecule has 0 aromatic heterocycles. The third-order valence-electron chi connectivity index (χ3n) is 5.19. The van der Waals surface area contributed by atoms with E-state index >= 15 is 0 Å². The van der Waals surface area contributed by atoms with Gasteiger partial charge in [0, 0.05) is 26.2 Å². The van der Waals surface area contributed by atoms with Crippen LogP contribution in [0.25, 0.3) is 0 Å². The number of nitrogens with zero attached hydrogens (tertiary/aromatic N) is 2. The topological polar surface area (TPSA) is 71.4 Å². The van der Waals surface area contributed by atoms with Gasteiger partial charge in [0.1, 0.15) is 25.3 Å². The van der Waals surface area contributed by atoms with E-state index in [1.807, 2.05) is 44.2 Å². The van der Waals surface area contributed by atoms with E-state index in [0.29, 0.717) is 32.7 Å². The van der Waals surface area contributed by atoms with Crippen molar-refractivity contribution in [3.05, 3.63) is 35.9 Å². The first kappa shape index (κ1) is 20.3. The first-order chi connectivity index (χ1) is 12.8. The lowest BCUT2D eigenvalue weighted by Crippen LogP contribution is -3.16. The van der Waals surface area contributed by atoms with Gasteiger partial charge in [-0.15, -0.1) is 0 Å². The molecule has 0 saturated carbocycles. The number of ether oxygens (including phenoxy) is 1. The molecular formula is C19H30N3O4S+. The quantitative estimate of drug-likeness (QED) is 0.718. The van der Waals surface area contributed by atoms with E-state index < -0.39 is 10.0 Å². The van der Waals surface area contributed by atoms with E-state index in [-0.39, 0.29) is 23.9 Å². The van der Waals surface area contributed by atoms with Gasteiger partial charge in [-0.3, -0.25) is 4.79 Å². The van der Waals surface area contributed by atoms with Gasteiger partial charge in [-0.1, -0.05) is 30.3 Å². The molecule has 2 fully saturated rings.